The van der Waals surface area contributed by atoms with Gasteiger partial charge in [-0.05, 0) is 42.0 Å². The summed E-state index contributed by atoms with van der Waals surface area (Å²) in [5.41, 5.74) is 2.86. The number of aromatic nitrogens is 2. The molecule has 1 atom stereocenters. The Morgan fingerprint density at radius 2 is 1.70 bits per heavy atom. The van der Waals surface area contributed by atoms with Gasteiger partial charge < -0.3 is 4.57 Å². The van der Waals surface area contributed by atoms with Gasteiger partial charge in [-0.15, -0.1) is 11.3 Å². The van der Waals surface area contributed by atoms with E-state index in [1.807, 2.05) is 77.8 Å². The van der Waals surface area contributed by atoms with E-state index in [2.05, 4.69) is 29.4 Å². The first-order chi connectivity index (χ1) is 13.2. The van der Waals surface area contributed by atoms with E-state index in [-0.39, 0.29) is 11.8 Å². The van der Waals surface area contributed by atoms with Crippen LogP contribution >= 0.6 is 11.3 Å². The Bertz CT molecular complexity index is 1020. The topological polar surface area (TPSA) is 46.9 Å². The van der Waals surface area contributed by atoms with Crippen LogP contribution in [0.5, 0.6) is 0 Å². The molecule has 0 radical (unpaired) electrons. The van der Waals surface area contributed by atoms with Crippen molar-refractivity contribution in [2.75, 3.05) is 5.32 Å². The highest BCUT2D eigenvalue weighted by molar-refractivity contribution is 7.15. The summed E-state index contributed by atoms with van der Waals surface area (Å²) in [6.45, 7) is 2.15. The van der Waals surface area contributed by atoms with Gasteiger partial charge in [0.25, 0.3) is 5.91 Å². The molecular weight excluding hydrogens is 354 g/mol. The predicted octanol–water partition coefficient (Wildman–Crippen LogP) is 5.34. The zero-order valence-corrected chi connectivity index (χ0v) is 15.7. The average Bonchev–Trinajstić information content (AvgIpc) is 3.40. The third-order valence-electron chi connectivity index (χ3n) is 4.50. The van der Waals surface area contributed by atoms with Crippen molar-refractivity contribution in [3.8, 4) is 5.69 Å². The summed E-state index contributed by atoms with van der Waals surface area (Å²) >= 11 is 1.51. The van der Waals surface area contributed by atoms with Gasteiger partial charge in [0, 0.05) is 40.6 Å². The molecule has 1 amide bonds. The van der Waals surface area contributed by atoms with Crippen molar-refractivity contribution < 1.29 is 4.79 Å². The number of hydrogen-bond donors (Lipinski definition) is 1. The fraction of sp³-hybridized carbons (Fsp3) is 0.0909. The lowest BCUT2D eigenvalue weighted by Crippen LogP contribution is -2.11. The number of rotatable bonds is 5. The Morgan fingerprint density at radius 1 is 1.00 bits per heavy atom. The molecule has 4 rings (SSSR count). The maximum Gasteiger partial charge on any atom is 0.257 e. The Kier molecular flexibility index (Phi) is 4.85. The summed E-state index contributed by atoms with van der Waals surface area (Å²) in [5.74, 6) is 0.0949. The number of amides is 1. The van der Waals surface area contributed by atoms with Gasteiger partial charge in [0.2, 0.25) is 0 Å². The van der Waals surface area contributed by atoms with Crippen LogP contribution in [0.15, 0.2) is 85.3 Å². The van der Waals surface area contributed by atoms with Gasteiger partial charge in [0.05, 0.1) is 0 Å². The minimum Gasteiger partial charge on any atom is -0.324 e. The van der Waals surface area contributed by atoms with E-state index in [0.29, 0.717) is 10.7 Å². The van der Waals surface area contributed by atoms with Crippen molar-refractivity contribution in [1.29, 1.82) is 0 Å². The molecule has 4 aromatic rings. The van der Waals surface area contributed by atoms with Gasteiger partial charge in [0.15, 0.2) is 5.13 Å². The maximum atomic E-state index is 12.5. The molecule has 1 N–H and O–H groups in total. The van der Waals surface area contributed by atoms with E-state index in [1.54, 1.807) is 0 Å². The van der Waals surface area contributed by atoms with Crippen LogP contribution in [0.4, 0.5) is 5.13 Å². The van der Waals surface area contributed by atoms with Crippen molar-refractivity contribution in [1.82, 2.24) is 9.55 Å². The van der Waals surface area contributed by atoms with E-state index >= 15 is 0 Å². The molecule has 4 nitrogen and oxygen atoms in total. The normalized spacial score (nSPS) is 11.9. The fourth-order valence-electron chi connectivity index (χ4n) is 2.91. The van der Waals surface area contributed by atoms with E-state index < -0.39 is 0 Å². The highest BCUT2D eigenvalue weighted by Crippen LogP contribution is 2.30. The van der Waals surface area contributed by atoms with E-state index in [9.17, 15) is 4.79 Å². The molecule has 0 bridgehead atoms. The highest BCUT2D eigenvalue weighted by Gasteiger charge is 2.14. The SMILES string of the molecule is CC(c1ccccc1)c1cnc(NC(=O)c2ccc(-n3cccc3)cc2)s1. The van der Waals surface area contributed by atoms with Gasteiger partial charge >= 0.3 is 0 Å². The summed E-state index contributed by atoms with van der Waals surface area (Å²) < 4.78 is 2.00. The smallest absolute Gasteiger partial charge is 0.257 e. The van der Waals surface area contributed by atoms with Crippen LogP contribution in [0.1, 0.15) is 33.6 Å². The van der Waals surface area contributed by atoms with Crippen molar-refractivity contribution in [2.45, 2.75) is 12.8 Å². The predicted molar refractivity (Wildman–Crippen MR) is 110 cm³/mol. The van der Waals surface area contributed by atoms with Crippen LogP contribution in [0.3, 0.4) is 0 Å². The third kappa shape index (κ3) is 3.83. The standard InChI is InChI=1S/C22H19N3OS/c1-16(17-7-3-2-4-8-17)20-15-23-22(27-20)24-21(26)18-9-11-19(12-10-18)25-13-5-6-14-25/h2-16H,1H3,(H,23,24,26). The van der Waals surface area contributed by atoms with Crippen LogP contribution < -0.4 is 5.32 Å². The first-order valence-electron chi connectivity index (χ1n) is 8.76. The molecule has 2 aromatic carbocycles. The van der Waals surface area contributed by atoms with Crippen LogP contribution in [-0.4, -0.2) is 15.5 Å². The van der Waals surface area contributed by atoms with Gasteiger partial charge in [-0.1, -0.05) is 37.3 Å². The van der Waals surface area contributed by atoms with Crippen molar-refractivity contribution in [2.24, 2.45) is 0 Å². The first kappa shape index (κ1) is 17.2. The lowest BCUT2D eigenvalue weighted by molar-refractivity contribution is 0.102. The van der Waals surface area contributed by atoms with E-state index in [1.165, 1.54) is 16.9 Å². The number of hydrogen-bond acceptors (Lipinski definition) is 3. The number of nitrogens with one attached hydrogen (secondary N) is 1. The second kappa shape index (κ2) is 7.60. The second-order valence-electron chi connectivity index (χ2n) is 6.29. The molecule has 0 saturated carbocycles. The summed E-state index contributed by atoms with van der Waals surface area (Å²) in [6, 6.07) is 21.7. The quantitative estimate of drug-likeness (QED) is 0.513. The molecule has 2 aromatic heterocycles. The van der Waals surface area contributed by atoms with Gasteiger partial charge in [-0.25, -0.2) is 4.98 Å². The maximum absolute atomic E-state index is 12.5. The Balaban J connectivity index is 1.45. The fourth-order valence-corrected chi connectivity index (χ4v) is 3.80. The molecular formula is C22H19N3OS. The molecule has 0 fully saturated rings. The Morgan fingerprint density at radius 3 is 2.41 bits per heavy atom. The molecule has 1 unspecified atom stereocenters. The van der Waals surface area contributed by atoms with Crippen molar-refractivity contribution in [3.05, 3.63) is 101 Å². The van der Waals surface area contributed by atoms with Gasteiger partial charge in [-0.2, -0.15) is 0 Å². The number of thiazole rings is 1. The number of carbonyl (C=O) groups excluding carboxylic acids is 1. The van der Waals surface area contributed by atoms with Crippen LogP contribution in [0.2, 0.25) is 0 Å². The summed E-state index contributed by atoms with van der Waals surface area (Å²) in [6.07, 6.45) is 5.78. The van der Waals surface area contributed by atoms with Gasteiger partial charge in [0.1, 0.15) is 0 Å². The molecule has 134 valence electrons. The number of carbonyl (C=O) groups is 1. The molecule has 0 aliphatic heterocycles. The summed E-state index contributed by atoms with van der Waals surface area (Å²) in [4.78, 5) is 18.0. The zero-order valence-electron chi connectivity index (χ0n) is 14.9. The van der Waals surface area contributed by atoms with E-state index in [4.69, 9.17) is 0 Å². The molecule has 0 saturated heterocycles. The summed E-state index contributed by atoms with van der Waals surface area (Å²) in [7, 11) is 0. The monoisotopic (exact) mass is 373 g/mol. The third-order valence-corrected chi connectivity index (χ3v) is 5.60. The zero-order chi connectivity index (χ0) is 18.6. The number of anilines is 1. The van der Waals surface area contributed by atoms with Crippen LogP contribution in [0, 0.1) is 0 Å². The second-order valence-corrected chi connectivity index (χ2v) is 7.35. The Labute approximate surface area is 162 Å². The Hall–Kier alpha value is -3.18. The van der Waals surface area contributed by atoms with Crippen molar-refractivity contribution >= 4 is 22.4 Å². The molecule has 5 heteroatoms. The average molecular weight is 373 g/mol. The largest absolute Gasteiger partial charge is 0.324 e. The molecule has 27 heavy (non-hydrogen) atoms. The van der Waals surface area contributed by atoms with Crippen LogP contribution in [-0.2, 0) is 0 Å². The summed E-state index contributed by atoms with van der Waals surface area (Å²) in [5, 5.41) is 3.52. The van der Waals surface area contributed by atoms with Crippen molar-refractivity contribution in [3.63, 3.8) is 0 Å². The van der Waals surface area contributed by atoms with Crippen LogP contribution in [0.25, 0.3) is 5.69 Å². The minimum absolute atomic E-state index is 0.151. The molecule has 2 heterocycles. The number of benzene rings is 2. The molecule has 0 spiro atoms. The molecule has 0 aliphatic carbocycles. The highest BCUT2D eigenvalue weighted by atomic mass is 32.1. The first-order valence-corrected chi connectivity index (χ1v) is 9.58. The lowest BCUT2D eigenvalue weighted by Gasteiger charge is -2.08. The van der Waals surface area contributed by atoms with Gasteiger partial charge in [-0.3, -0.25) is 10.1 Å². The minimum atomic E-state index is -0.151. The number of nitrogens with zero attached hydrogens (tertiary/aromatic N) is 2. The molecule has 0 aliphatic rings. The van der Waals surface area contributed by atoms with E-state index in [0.717, 1.165) is 10.6 Å². The lowest BCUT2D eigenvalue weighted by atomic mass is 10.0.